The first-order valence-electron chi connectivity index (χ1n) is 6.30. The van der Waals surface area contributed by atoms with Crippen LogP contribution in [0.3, 0.4) is 0 Å². The Bertz CT molecular complexity index is 752. The summed E-state index contributed by atoms with van der Waals surface area (Å²) < 4.78 is 5.47. The van der Waals surface area contributed by atoms with Crippen molar-refractivity contribution in [2.45, 2.75) is 13.5 Å². The summed E-state index contributed by atoms with van der Waals surface area (Å²) >= 11 is 0. The Morgan fingerprint density at radius 1 is 1.25 bits per heavy atom. The van der Waals surface area contributed by atoms with E-state index in [1.165, 1.54) is 0 Å². The minimum atomic E-state index is 0.323. The van der Waals surface area contributed by atoms with Crippen LogP contribution in [-0.2, 0) is 6.54 Å². The smallest absolute Gasteiger partial charge is 0.192 e. The molecule has 0 aliphatic heterocycles. The molecular weight excluding hydrogens is 254 g/mol. The fraction of sp³-hybridized carbons (Fsp3) is 0.214. The highest BCUT2D eigenvalue weighted by Crippen LogP contribution is 2.26. The summed E-state index contributed by atoms with van der Waals surface area (Å²) in [5.41, 5.74) is 8.16. The van der Waals surface area contributed by atoms with Gasteiger partial charge in [-0.25, -0.2) is 15.0 Å². The van der Waals surface area contributed by atoms with Gasteiger partial charge < -0.3 is 15.1 Å². The third-order valence-electron chi connectivity index (χ3n) is 3.08. The first-order chi connectivity index (χ1) is 9.67. The van der Waals surface area contributed by atoms with E-state index in [1.807, 2.05) is 43.1 Å². The normalized spacial score (nSPS) is 10.9. The summed E-state index contributed by atoms with van der Waals surface area (Å²) in [6, 6.07) is 7.69. The van der Waals surface area contributed by atoms with Crippen LogP contribution in [0.5, 0.6) is 0 Å². The maximum Gasteiger partial charge on any atom is 0.192 e. The maximum absolute atomic E-state index is 5.57. The van der Waals surface area contributed by atoms with E-state index in [9.17, 15) is 0 Å². The lowest BCUT2D eigenvalue weighted by Gasteiger charge is -2.18. The molecule has 0 radical (unpaired) electrons. The van der Waals surface area contributed by atoms with Crippen molar-refractivity contribution in [3.05, 3.63) is 42.2 Å². The third kappa shape index (κ3) is 2.21. The van der Waals surface area contributed by atoms with Gasteiger partial charge in [-0.2, -0.15) is 0 Å². The zero-order chi connectivity index (χ0) is 14.1. The SMILES string of the molecule is Cc1nc2cc(N(C)c3ccnc(CN)n3)ccc2o1. The molecule has 0 amide bonds. The lowest BCUT2D eigenvalue weighted by atomic mass is 10.2. The number of benzene rings is 1. The van der Waals surface area contributed by atoms with E-state index in [0.29, 0.717) is 18.3 Å². The molecule has 0 aliphatic rings. The summed E-state index contributed by atoms with van der Waals surface area (Å²) in [7, 11) is 1.94. The van der Waals surface area contributed by atoms with Crippen molar-refractivity contribution >= 4 is 22.6 Å². The Morgan fingerprint density at radius 3 is 2.90 bits per heavy atom. The number of nitrogens with zero attached hydrogens (tertiary/aromatic N) is 4. The van der Waals surface area contributed by atoms with Crippen LogP contribution in [0, 0.1) is 6.92 Å². The molecule has 2 N–H and O–H groups in total. The largest absolute Gasteiger partial charge is 0.441 e. The molecule has 0 atom stereocenters. The highest BCUT2D eigenvalue weighted by molar-refractivity contribution is 5.79. The molecule has 0 saturated carbocycles. The average molecular weight is 269 g/mol. The van der Waals surface area contributed by atoms with Crippen LogP contribution in [-0.4, -0.2) is 22.0 Å². The van der Waals surface area contributed by atoms with Crippen molar-refractivity contribution in [1.82, 2.24) is 15.0 Å². The van der Waals surface area contributed by atoms with Gasteiger partial charge >= 0.3 is 0 Å². The minimum Gasteiger partial charge on any atom is -0.441 e. The number of rotatable bonds is 3. The fourth-order valence-electron chi connectivity index (χ4n) is 2.05. The van der Waals surface area contributed by atoms with Gasteiger partial charge in [-0.3, -0.25) is 0 Å². The summed E-state index contributed by atoms with van der Waals surface area (Å²) in [5.74, 6) is 2.07. The van der Waals surface area contributed by atoms with Gasteiger partial charge in [0.15, 0.2) is 11.5 Å². The predicted molar refractivity (Wildman–Crippen MR) is 76.7 cm³/mol. The van der Waals surface area contributed by atoms with Crippen LogP contribution in [0.25, 0.3) is 11.1 Å². The van der Waals surface area contributed by atoms with Crippen LogP contribution in [0.4, 0.5) is 11.5 Å². The average Bonchev–Trinajstić information content (AvgIpc) is 2.85. The molecule has 1 aromatic carbocycles. The number of aromatic nitrogens is 3. The molecule has 0 saturated heterocycles. The van der Waals surface area contributed by atoms with Crippen molar-refractivity contribution < 1.29 is 4.42 Å². The predicted octanol–water partition coefficient (Wildman–Crippen LogP) is 2.15. The third-order valence-corrected chi connectivity index (χ3v) is 3.08. The fourth-order valence-corrected chi connectivity index (χ4v) is 2.05. The van der Waals surface area contributed by atoms with E-state index >= 15 is 0 Å². The molecule has 3 rings (SSSR count). The second-order valence-electron chi connectivity index (χ2n) is 4.48. The van der Waals surface area contributed by atoms with Crippen LogP contribution >= 0.6 is 0 Å². The molecular formula is C14H15N5O. The molecule has 2 aromatic heterocycles. The molecule has 3 aromatic rings. The number of anilines is 2. The molecule has 0 aliphatic carbocycles. The summed E-state index contributed by atoms with van der Waals surface area (Å²) in [4.78, 5) is 14.8. The van der Waals surface area contributed by atoms with Crippen molar-refractivity contribution in [2.75, 3.05) is 11.9 Å². The summed E-state index contributed by atoms with van der Waals surface area (Å²) in [6.07, 6.45) is 1.71. The lowest BCUT2D eigenvalue weighted by Crippen LogP contribution is -2.13. The Balaban J connectivity index is 2.00. The molecule has 0 unspecified atom stereocenters. The van der Waals surface area contributed by atoms with Gasteiger partial charge in [-0.15, -0.1) is 0 Å². The first kappa shape index (κ1) is 12.6. The van der Waals surface area contributed by atoms with Crippen LogP contribution in [0.15, 0.2) is 34.9 Å². The molecule has 0 spiro atoms. The number of fused-ring (bicyclic) bond motifs is 1. The molecule has 0 fully saturated rings. The van der Waals surface area contributed by atoms with E-state index in [0.717, 1.165) is 22.6 Å². The second-order valence-corrected chi connectivity index (χ2v) is 4.48. The first-order valence-corrected chi connectivity index (χ1v) is 6.30. The van der Waals surface area contributed by atoms with Crippen LogP contribution in [0.1, 0.15) is 11.7 Å². The molecule has 2 heterocycles. The number of aryl methyl sites for hydroxylation is 1. The number of hydrogen-bond acceptors (Lipinski definition) is 6. The van der Waals surface area contributed by atoms with Crippen molar-refractivity contribution in [3.8, 4) is 0 Å². The van der Waals surface area contributed by atoms with Crippen LogP contribution in [0.2, 0.25) is 0 Å². The van der Waals surface area contributed by atoms with Gasteiger partial charge in [-0.1, -0.05) is 0 Å². The number of oxazole rings is 1. The Labute approximate surface area is 116 Å². The highest BCUT2D eigenvalue weighted by Gasteiger charge is 2.09. The Hall–Kier alpha value is -2.47. The van der Waals surface area contributed by atoms with Crippen molar-refractivity contribution in [2.24, 2.45) is 5.73 Å². The van der Waals surface area contributed by atoms with E-state index < -0.39 is 0 Å². The van der Waals surface area contributed by atoms with E-state index in [4.69, 9.17) is 10.2 Å². The molecule has 102 valence electrons. The zero-order valence-electron chi connectivity index (χ0n) is 11.4. The number of hydrogen-bond donors (Lipinski definition) is 1. The topological polar surface area (TPSA) is 81.1 Å². The molecule has 0 bridgehead atoms. The molecule has 6 nitrogen and oxygen atoms in total. The van der Waals surface area contributed by atoms with Gasteiger partial charge in [-0.05, 0) is 24.3 Å². The van der Waals surface area contributed by atoms with Gasteiger partial charge in [0.2, 0.25) is 0 Å². The Kier molecular flexibility index (Phi) is 3.08. The molecule has 20 heavy (non-hydrogen) atoms. The monoisotopic (exact) mass is 269 g/mol. The van der Waals surface area contributed by atoms with E-state index in [2.05, 4.69) is 15.0 Å². The summed E-state index contributed by atoms with van der Waals surface area (Å²) in [5, 5.41) is 0. The van der Waals surface area contributed by atoms with Crippen LogP contribution < -0.4 is 10.6 Å². The van der Waals surface area contributed by atoms with Gasteiger partial charge in [0.1, 0.15) is 17.2 Å². The standard InChI is InChI=1S/C14H15N5O/c1-9-17-11-7-10(3-4-12(11)20-9)19(2)14-5-6-16-13(8-15)18-14/h3-7H,8,15H2,1-2H3. The van der Waals surface area contributed by atoms with Crippen molar-refractivity contribution in [3.63, 3.8) is 0 Å². The zero-order valence-corrected chi connectivity index (χ0v) is 11.4. The lowest BCUT2D eigenvalue weighted by molar-refractivity contribution is 0.561. The van der Waals surface area contributed by atoms with E-state index in [-0.39, 0.29) is 0 Å². The summed E-state index contributed by atoms with van der Waals surface area (Å²) in [6.45, 7) is 2.16. The second kappa shape index (κ2) is 4.90. The maximum atomic E-state index is 5.57. The minimum absolute atomic E-state index is 0.323. The van der Waals surface area contributed by atoms with Gasteiger partial charge in [0, 0.05) is 25.9 Å². The van der Waals surface area contributed by atoms with Gasteiger partial charge in [0.25, 0.3) is 0 Å². The van der Waals surface area contributed by atoms with E-state index in [1.54, 1.807) is 6.20 Å². The molecule has 6 heteroatoms. The quantitative estimate of drug-likeness (QED) is 0.784. The van der Waals surface area contributed by atoms with Crippen molar-refractivity contribution in [1.29, 1.82) is 0 Å². The van der Waals surface area contributed by atoms with Gasteiger partial charge in [0.05, 0.1) is 6.54 Å². The Morgan fingerprint density at radius 2 is 2.10 bits per heavy atom. The number of nitrogens with two attached hydrogens (primary N) is 1. The highest BCUT2D eigenvalue weighted by atomic mass is 16.3.